The lowest BCUT2D eigenvalue weighted by Gasteiger charge is -2.04. The Bertz CT molecular complexity index is 1190. The number of nitrogens with one attached hydrogen (secondary N) is 1. The number of aromatic nitrogens is 4. The van der Waals surface area contributed by atoms with E-state index in [1.807, 2.05) is 68.4 Å². The van der Waals surface area contributed by atoms with Gasteiger partial charge in [0.15, 0.2) is 11.0 Å². The van der Waals surface area contributed by atoms with Crippen molar-refractivity contribution < 1.29 is 4.79 Å². The quantitative estimate of drug-likeness (QED) is 0.348. The SMILES string of the molecule is Cc1cccc(-c2nnc(SCC(=O)Nc3nc(-c4ccccc4)c(C)s3)n2N)c1. The highest BCUT2D eigenvalue weighted by Gasteiger charge is 2.16. The summed E-state index contributed by atoms with van der Waals surface area (Å²) < 4.78 is 1.41. The number of nitrogen functional groups attached to an aromatic ring is 1. The highest BCUT2D eigenvalue weighted by atomic mass is 32.2. The first-order chi connectivity index (χ1) is 14.5. The summed E-state index contributed by atoms with van der Waals surface area (Å²) in [5, 5.41) is 12.2. The molecule has 0 aliphatic rings. The molecular formula is C21H20N6OS2. The zero-order chi connectivity index (χ0) is 21.1. The largest absolute Gasteiger partial charge is 0.335 e. The summed E-state index contributed by atoms with van der Waals surface area (Å²) in [6.45, 7) is 4.00. The summed E-state index contributed by atoms with van der Waals surface area (Å²) in [5.74, 6) is 6.68. The maximum atomic E-state index is 12.4. The molecule has 0 spiro atoms. The van der Waals surface area contributed by atoms with E-state index in [0.717, 1.165) is 27.3 Å². The van der Waals surface area contributed by atoms with E-state index < -0.39 is 0 Å². The number of nitrogens with two attached hydrogens (primary N) is 1. The fourth-order valence-electron chi connectivity index (χ4n) is 2.96. The third kappa shape index (κ3) is 4.37. The van der Waals surface area contributed by atoms with Gasteiger partial charge >= 0.3 is 0 Å². The molecule has 0 aliphatic heterocycles. The van der Waals surface area contributed by atoms with Crippen molar-refractivity contribution in [1.29, 1.82) is 0 Å². The molecule has 0 fully saturated rings. The molecule has 4 aromatic rings. The molecule has 9 heteroatoms. The van der Waals surface area contributed by atoms with Crippen molar-refractivity contribution in [2.45, 2.75) is 19.0 Å². The lowest BCUT2D eigenvalue weighted by atomic mass is 10.1. The van der Waals surface area contributed by atoms with Gasteiger partial charge in [0.25, 0.3) is 0 Å². The molecule has 0 aliphatic carbocycles. The van der Waals surface area contributed by atoms with Crippen molar-refractivity contribution in [3.8, 4) is 22.6 Å². The molecule has 0 unspecified atom stereocenters. The van der Waals surface area contributed by atoms with Crippen LogP contribution in [0.2, 0.25) is 0 Å². The van der Waals surface area contributed by atoms with E-state index in [-0.39, 0.29) is 11.7 Å². The Labute approximate surface area is 182 Å². The van der Waals surface area contributed by atoms with Gasteiger partial charge in [-0.05, 0) is 19.9 Å². The molecule has 152 valence electrons. The van der Waals surface area contributed by atoms with Crippen LogP contribution in [0.3, 0.4) is 0 Å². The van der Waals surface area contributed by atoms with Crippen LogP contribution in [-0.2, 0) is 4.79 Å². The molecule has 2 aromatic carbocycles. The maximum Gasteiger partial charge on any atom is 0.236 e. The Balaban J connectivity index is 1.40. The van der Waals surface area contributed by atoms with Crippen molar-refractivity contribution in [2.75, 3.05) is 16.9 Å². The highest BCUT2D eigenvalue weighted by Crippen LogP contribution is 2.30. The number of carbonyl (C=O) groups excluding carboxylic acids is 1. The molecule has 4 rings (SSSR count). The molecule has 0 atom stereocenters. The van der Waals surface area contributed by atoms with Crippen molar-refractivity contribution in [3.63, 3.8) is 0 Å². The topological polar surface area (TPSA) is 98.7 Å². The van der Waals surface area contributed by atoms with Crippen LogP contribution in [0.1, 0.15) is 10.4 Å². The van der Waals surface area contributed by atoms with Crippen molar-refractivity contribution in [3.05, 3.63) is 65.0 Å². The number of hydrogen-bond acceptors (Lipinski definition) is 7. The van der Waals surface area contributed by atoms with Crippen LogP contribution in [0, 0.1) is 13.8 Å². The molecule has 7 nitrogen and oxygen atoms in total. The van der Waals surface area contributed by atoms with Gasteiger partial charge < -0.3 is 11.2 Å². The van der Waals surface area contributed by atoms with E-state index in [2.05, 4.69) is 20.5 Å². The average Bonchev–Trinajstić information content (AvgIpc) is 3.29. The third-order valence-corrected chi connectivity index (χ3v) is 6.19. The number of nitrogens with zero attached hydrogens (tertiary/aromatic N) is 4. The number of hydrogen-bond donors (Lipinski definition) is 2. The number of aryl methyl sites for hydroxylation is 2. The van der Waals surface area contributed by atoms with Gasteiger partial charge in [0.1, 0.15) is 0 Å². The van der Waals surface area contributed by atoms with E-state index in [1.165, 1.54) is 27.8 Å². The Kier molecular flexibility index (Phi) is 5.82. The molecule has 0 bridgehead atoms. The van der Waals surface area contributed by atoms with E-state index in [4.69, 9.17) is 5.84 Å². The molecule has 0 radical (unpaired) electrons. The predicted octanol–water partition coefficient (Wildman–Crippen LogP) is 4.13. The van der Waals surface area contributed by atoms with Crippen LogP contribution in [0.15, 0.2) is 59.8 Å². The molecule has 2 heterocycles. The monoisotopic (exact) mass is 436 g/mol. The van der Waals surface area contributed by atoms with E-state index in [1.54, 1.807) is 0 Å². The predicted molar refractivity (Wildman–Crippen MR) is 122 cm³/mol. The highest BCUT2D eigenvalue weighted by molar-refractivity contribution is 7.99. The number of thioether (sulfide) groups is 1. The van der Waals surface area contributed by atoms with Gasteiger partial charge in [-0.3, -0.25) is 4.79 Å². The van der Waals surface area contributed by atoms with Crippen molar-refractivity contribution in [1.82, 2.24) is 19.9 Å². The van der Waals surface area contributed by atoms with Gasteiger partial charge in [0.2, 0.25) is 11.1 Å². The van der Waals surface area contributed by atoms with Gasteiger partial charge in [-0.1, -0.05) is 65.9 Å². The van der Waals surface area contributed by atoms with Crippen LogP contribution < -0.4 is 11.2 Å². The van der Waals surface area contributed by atoms with Gasteiger partial charge in [-0.2, -0.15) is 0 Å². The summed E-state index contributed by atoms with van der Waals surface area (Å²) in [7, 11) is 0. The number of amides is 1. The minimum absolute atomic E-state index is 0.155. The smallest absolute Gasteiger partial charge is 0.236 e. The molecular weight excluding hydrogens is 416 g/mol. The van der Waals surface area contributed by atoms with Crippen LogP contribution in [0.25, 0.3) is 22.6 Å². The van der Waals surface area contributed by atoms with E-state index in [9.17, 15) is 4.79 Å². The zero-order valence-corrected chi connectivity index (χ0v) is 18.1. The number of anilines is 1. The standard InChI is InChI=1S/C21H20N6OS2/c1-13-7-6-10-16(11-13)19-25-26-21(27(19)22)29-12-17(28)23-20-24-18(14(2)30-20)15-8-4-3-5-9-15/h3-11H,12,22H2,1-2H3,(H,23,24,28). The normalized spacial score (nSPS) is 10.9. The van der Waals surface area contributed by atoms with Crippen LogP contribution in [-0.4, -0.2) is 31.5 Å². The average molecular weight is 437 g/mol. The first-order valence-corrected chi connectivity index (χ1v) is 11.0. The number of benzene rings is 2. The van der Waals surface area contributed by atoms with E-state index >= 15 is 0 Å². The molecule has 1 amide bonds. The number of rotatable bonds is 6. The van der Waals surface area contributed by atoms with Gasteiger partial charge in [-0.25, -0.2) is 9.66 Å². The first kappa shape index (κ1) is 20.1. The van der Waals surface area contributed by atoms with Gasteiger partial charge in [0, 0.05) is 16.0 Å². The summed E-state index contributed by atoms with van der Waals surface area (Å²) in [6.07, 6.45) is 0. The van der Waals surface area contributed by atoms with Crippen LogP contribution in [0.4, 0.5) is 5.13 Å². The Morgan fingerprint density at radius 2 is 1.87 bits per heavy atom. The lowest BCUT2D eigenvalue weighted by Crippen LogP contribution is -2.16. The Morgan fingerprint density at radius 1 is 1.10 bits per heavy atom. The minimum Gasteiger partial charge on any atom is -0.335 e. The molecule has 0 saturated heterocycles. The summed E-state index contributed by atoms with van der Waals surface area (Å²) in [6, 6.07) is 17.8. The van der Waals surface area contributed by atoms with Crippen molar-refractivity contribution >= 4 is 34.1 Å². The van der Waals surface area contributed by atoms with Gasteiger partial charge in [-0.15, -0.1) is 21.5 Å². The Hall–Kier alpha value is -3.17. The summed E-state index contributed by atoms with van der Waals surface area (Å²) in [5.41, 5.74) is 3.90. The van der Waals surface area contributed by atoms with Crippen molar-refractivity contribution in [2.24, 2.45) is 0 Å². The first-order valence-electron chi connectivity index (χ1n) is 9.24. The lowest BCUT2D eigenvalue weighted by molar-refractivity contribution is -0.113. The summed E-state index contributed by atoms with van der Waals surface area (Å²) in [4.78, 5) is 18.0. The van der Waals surface area contributed by atoms with Gasteiger partial charge in [0.05, 0.1) is 11.4 Å². The second-order valence-electron chi connectivity index (χ2n) is 6.67. The zero-order valence-electron chi connectivity index (χ0n) is 16.5. The fourth-order valence-corrected chi connectivity index (χ4v) is 4.46. The number of thiazole rings is 1. The minimum atomic E-state index is -0.173. The maximum absolute atomic E-state index is 12.4. The molecule has 30 heavy (non-hydrogen) atoms. The number of carbonyl (C=O) groups is 1. The van der Waals surface area contributed by atoms with Crippen LogP contribution >= 0.6 is 23.1 Å². The molecule has 3 N–H and O–H groups in total. The van der Waals surface area contributed by atoms with E-state index in [0.29, 0.717) is 16.1 Å². The third-order valence-electron chi connectivity index (χ3n) is 4.36. The fraction of sp³-hybridized carbons (Fsp3) is 0.143. The molecule has 2 aromatic heterocycles. The summed E-state index contributed by atoms with van der Waals surface area (Å²) >= 11 is 2.69. The molecule has 0 saturated carbocycles. The Morgan fingerprint density at radius 3 is 2.63 bits per heavy atom. The second kappa shape index (κ2) is 8.68. The van der Waals surface area contributed by atoms with Crippen LogP contribution in [0.5, 0.6) is 0 Å². The second-order valence-corrected chi connectivity index (χ2v) is 8.82.